The van der Waals surface area contributed by atoms with Crippen LogP contribution < -0.4 is 0 Å². The largest absolute Gasteiger partial charge is 0.294 e. The van der Waals surface area contributed by atoms with Gasteiger partial charge in [0, 0.05) is 16.8 Å². The first-order valence-corrected chi connectivity index (χ1v) is 5.87. The molecule has 0 saturated heterocycles. The van der Waals surface area contributed by atoms with Gasteiger partial charge in [-0.3, -0.25) is 4.79 Å². The van der Waals surface area contributed by atoms with Crippen molar-refractivity contribution in [3.05, 3.63) is 47.5 Å². The van der Waals surface area contributed by atoms with Crippen molar-refractivity contribution in [2.24, 2.45) is 0 Å². The van der Waals surface area contributed by atoms with Crippen LogP contribution in [0, 0.1) is 0 Å². The molecule has 15 heavy (non-hydrogen) atoms. The number of halogens is 1. The van der Waals surface area contributed by atoms with Gasteiger partial charge in [-0.05, 0) is 28.5 Å². The van der Waals surface area contributed by atoms with Crippen molar-refractivity contribution in [2.45, 2.75) is 11.2 Å². The molecule has 1 nitrogen and oxygen atoms in total. The summed E-state index contributed by atoms with van der Waals surface area (Å²) >= 11 is 3.54. The van der Waals surface area contributed by atoms with Gasteiger partial charge in [-0.25, -0.2) is 0 Å². The molecular weight excluding hydrogens is 252 g/mol. The highest BCUT2D eigenvalue weighted by Gasteiger charge is 2.27. The molecule has 1 unspecified atom stereocenters. The second-order valence-corrected chi connectivity index (χ2v) is 4.99. The predicted octanol–water partition coefficient (Wildman–Crippen LogP) is 3.86. The third-order valence-electron chi connectivity index (χ3n) is 2.92. The molecule has 0 aliphatic heterocycles. The predicted molar refractivity (Wildman–Crippen MR) is 64.6 cm³/mol. The molecule has 0 aromatic heterocycles. The fourth-order valence-electron chi connectivity index (χ4n) is 2.14. The zero-order valence-corrected chi connectivity index (χ0v) is 9.62. The lowest BCUT2D eigenvalue weighted by Crippen LogP contribution is -1.90. The van der Waals surface area contributed by atoms with E-state index in [-0.39, 0.29) is 10.6 Å². The molecule has 0 spiro atoms. The lowest BCUT2D eigenvalue weighted by Gasteiger charge is -2.04. The molecule has 74 valence electrons. The van der Waals surface area contributed by atoms with Crippen molar-refractivity contribution >= 4 is 32.5 Å². The molecule has 0 N–H and O–H groups in total. The van der Waals surface area contributed by atoms with Gasteiger partial charge in [0.1, 0.15) is 0 Å². The Labute approximate surface area is 96.2 Å². The summed E-state index contributed by atoms with van der Waals surface area (Å²) in [7, 11) is 0. The van der Waals surface area contributed by atoms with Crippen LogP contribution in [0.15, 0.2) is 36.4 Å². The molecule has 0 radical (unpaired) electrons. The number of Topliss-reactive ketones (excluding diaryl/α,β-unsaturated/α-hetero) is 1. The van der Waals surface area contributed by atoms with Crippen molar-refractivity contribution in [3.8, 4) is 0 Å². The number of fused-ring (bicyclic) bond motifs is 2. The highest BCUT2D eigenvalue weighted by Crippen LogP contribution is 2.39. The van der Waals surface area contributed by atoms with Crippen LogP contribution in [0.25, 0.3) is 10.8 Å². The SMILES string of the molecule is O=C1CC(Br)c2cc3ccccc3cc21. The monoisotopic (exact) mass is 260 g/mol. The van der Waals surface area contributed by atoms with E-state index >= 15 is 0 Å². The Balaban J connectivity index is 2.36. The van der Waals surface area contributed by atoms with Crippen LogP contribution in [0.3, 0.4) is 0 Å². The molecule has 2 aromatic rings. The molecule has 0 bridgehead atoms. The fraction of sp³-hybridized carbons (Fsp3) is 0.154. The Morgan fingerprint density at radius 2 is 1.80 bits per heavy atom. The average molecular weight is 261 g/mol. The minimum Gasteiger partial charge on any atom is -0.294 e. The topological polar surface area (TPSA) is 17.1 Å². The van der Waals surface area contributed by atoms with Crippen LogP contribution in [0.4, 0.5) is 0 Å². The van der Waals surface area contributed by atoms with E-state index in [4.69, 9.17) is 0 Å². The van der Waals surface area contributed by atoms with E-state index in [2.05, 4.69) is 28.1 Å². The van der Waals surface area contributed by atoms with Gasteiger partial charge in [-0.2, -0.15) is 0 Å². The zero-order chi connectivity index (χ0) is 10.4. The second kappa shape index (κ2) is 3.17. The normalized spacial score (nSPS) is 19.5. The summed E-state index contributed by atoms with van der Waals surface area (Å²) in [6.07, 6.45) is 0.589. The minimum atomic E-state index is 0.199. The van der Waals surface area contributed by atoms with Gasteiger partial charge < -0.3 is 0 Å². The molecule has 2 aromatic carbocycles. The van der Waals surface area contributed by atoms with Crippen LogP contribution in [-0.2, 0) is 0 Å². The van der Waals surface area contributed by atoms with E-state index in [1.165, 1.54) is 5.39 Å². The Bertz CT molecular complexity index is 559. The van der Waals surface area contributed by atoms with Gasteiger partial charge in [0.05, 0.1) is 0 Å². The Kier molecular flexibility index (Phi) is 1.93. The smallest absolute Gasteiger partial charge is 0.164 e. The average Bonchev–Trinajstić information content (AvgIpc) is 2.52. The van der Waals surface area contributed by atoms with Gasteiger partial charge in [0.2, 0.25) is 0 Å². The summed E-state index contributed by atoms with van der Waals surface area (Å²) < 4.78 is 0. The van der Waals surface area contributed by atoms with Crippen molar-refractivity contribution < 1.29 is 4.79 Å². The van der Waals surface area contributed by atoms with Gasteiger partial charge in [-0.15, -0.1) is 0 Å². The number of hydrogen-bond donors (Lipinski definition) is 0. The maximum absolute atomic E-state index is 11.7. The van der Waals surface area contributed by atoms with E-state index in [9.17, 15) is 4.79 Å². The lowest BCUT2D eigenvalue weighted by atomic mass is 10.0. The van der Waals surface area contributed by atoms with Gasteiger partial charge in [0.25, 0.3) is 0 Å². The molecule has 1 aliphatic rings. The van der Waals surface area contributed by atoms with Crippen LogP contribution in [-0.4, -0.2) is 5.78 Å². The van der Waals surface area contributed by atoms with Crippen molar-refractivity contribution in [1.82, 2.24) is 0 Å². The summed E-state index contributed by atoms with van der Waals surface area (Å²) in [5.74, 6) is 0.248. The second-order valence-electron chi connectivity index (χ2n) is 3.88. The van der Waals surface area contributed by atoms with Crippen molar-refractivity contribution in [3.63, 3.8) is 0 Å². The number of alkyl halides is 1. The number of ketones is 1. The first kappa shape index (κ1) is 9.10. The van der Waals surface area contributed by atoms with E-state index in [0.29, 0.717) is 6.42 Å². The molecular formula is C13H9BrO. The summed E-state index contributed by atoms with van der Waals surface area (Å²) in [6, 6.07) is 12.3. The lowest BCUT2D eigenvalue weighted by molar-refractivity contribution is 0.0994. The van der Waals surface area contributed by atoms with Gasteiger partial charge in [0.15, 0.2) is 5.78 Å². The molecule has 0 amide bonds. The summed E-state index contributed by atoms with van der Waals surface area (Å²) in [5, 5.41) is 2.35. The number of carbonyl (C=O) groups excluding carboxylic acids is 1. The number of hydrogen-bond acceptors (Lipinski definition) is 1. The summed E-state index contributed by atoms with van der Waals surface area (Å²) in [5.41, 5.74) is 2.02. The minimum absolute atomic E-state index is 0.199. The fourth-order valence-corrected chi connectivity index (χ4v) is 2.81. The Hall–Kier alpha value is -1.15. The van der Waals surface area contributed by atoms with Gasteiger partial charge >= 0.3 is 0 Å². The number of rotatable bonds is 0. The third kappa shape index (κ3) is 1.32. The molecule has 0 fully saturated rings. The first-order valence-electron chi connectivity index (χ1n) is 4.95. The van der Waals surface area contributed by atoms with E-state index in [0.717, 1.165) is 16.5 Å². The molecule has 3 rings (SSSR count). The van der Waals surface area contributed by atoms with Crippen LogP contribution >= 0.6 is 15.9 Å². The van der Waals surface area contributed by atoms with Crippen LogP contribution in [0.2, 0.25) is 0 Å². The highest BCUT2D eigenvalue weighted by molar-refractivity contribution is 9.09. The number of carbonyl (C=O) groups is 1. The standard InChI is InChI=1S/C13H9BrO/c14-12-7-13(15)11-6-9-4-2-1-3-8(9)5-10(11)12/h1-6,12H,7H2. The maximum Gasteiger partial charge on any atom is 0.164 e. The van der Waals surface area contributed by atoms with Crippen LogP contribution in [0.1, 0.15) is 27.2 Å². The summed E-state index contributed by atoms with van der Waals surface area (Å²) in [6.45, 7) is 0. The van der Waals surface area contributed by atoms with Gasteiger partial charge in [-0.1, -0.05) is 40.2 Å². The van der Waals surface area contributed by atoms with Crippen molar-refractivity contribution in [1.29, 1.82) is 0 Å². The number of benzene rings is 2. The van der Waals surface area contributed by atoms with E-state index in [1.807, 2.05) is 24.3 Å². The summed E-state index contributed by atoms with van der Waals surface area (Å²) in [4.78, 5) is 11.9. The highest BCUT2D eigenvalue weighted by atomic mass is 79.9. The molecule has 2 heteroatoms. The van der Waals surface area contributed by atoms with E-state index in [1.54, 1.807) is 0 Å². The molecule has 0 saturated carbocycles. The Morgan fingerprint density at radius 1 is 1.13 bits per heavy atom. The first-order chi connectivity index (χ1) is 7.25. The van der Waals surface area contributed by atoms with E-state index < -0.39 is 0 Å². The molecule has 1 aliphatic carbocycles. The van der Waals surface area contributed by atoms with Crippen LogP contribution in [0.5, 0.6) is 0 Å². The molecule has 0 heterocycles. The third-order valence-corrected chi connectivity index (χ3v) is 3.74. The zero-order valence-electron chi connectivity index (χ0n) is 8.03. The van der Waals surface area contributed by atoms with Crippen molar-refractivity contribution in [2.75, 3.05) is 0 Å². The maximum atomic E-state index is 11.7. The Morgan fingerprint density at radius 3 is 2.53 bits per heavy atom. The quantitative estimate of drug-likeness (QED) is 0.658. The molecule has 1 atom stereocenters.